The van der Waals surface area contributed by atoms with E-state index in [9.17, 15) is 4.79 Å². The van der Waals surface area contributed by atoms with E-state index in [0.717, 1.165) is 54.7 Å². The van der Waals surface area contributed by atoms with Gasteiger partial charge < -0.3 is 10.0 Å². The van der Waals surface area contributed by atoms with E-state index in [0.29, 0.717) is 6.42 Å². The Morgan fingerprint density at radius 1 is 1.35 bits per heavy atom. The molecule has 1 N–H and O–H groups in total. The van der Waals surface area contributed by atoms with Gasteiger partial charge in [0, 0.05) is 31.1 Å². The predicted octanol–water partition coefficient (Wildman–Crippen LogP) is 1.47. The number of likely N-dealkylation sites (N-methyl/N-ethyl adjacent to an activating group) is 1. The van der Waals surface area contributed by atoms with E-state index in [1.807, 2.05) is 0 Å². The molecule has 1 saturated heterocycles. The van der Waals surface area contributed by atoms with Crippen LogP contribution in [0.25, 0.3) is 0 Å². The summed E-state index contributed by atoms with van der Waals surface area (Å²) in [7, 11) is 2.15. The summed E-state index contributed by atoms with van der Waals surface area (Å²) in [5, 5.41) is 9.93. The normalized spacial score (nSPS) is 17.5. The fourth-order valence-corrected chi connectivity index (χ4v) is 3.59. The minimum absolute atomic E-state index is 0.198. The lowest BCUT2D eigenvalue weighted by Crippen LogP contribution is -2.43. The monoisotopic (exact) mass is 297 g/mol. The first kappa shape index (κ1) is 15.4. The van der Waals surface area contributed by atoms with Crippen LogP contribution >= 0.6 is 11.3 Å². The second kappa shape index (κ2) is 7.15. The molecule has 0 bridgehead atoms. The molecule has 0 saturated carbocycles. The molecule has 6 heteroatoms. The Kier molecular flexibility index (Phi) is 5.51. The predicted molar refractivity (Wildman–Crippen MR) is 80.2 cm³/mol. The smallest absolute Gasteiger partial charge is 0.303 e. The molecule has 1 aliphatic rings. The summed E-state index contributed by atoms with van der Waals surface area (Å²) in [4.78, 5) is 21.3. The maximum atomic E-state index is 10.7. The van der Waals surface area contributed by atoms with Gasteiger partial charge in [-0.25, -0.2) is 4.98 Å². The van der Waals surface area contributed by atoms with Gasteiger partial charge in [-0.2, -0.15) is 0 Å². The molecule has 0 aromatic carbocycles. The molecule has 0 spiro atoms. The summed E-state index contributed by atoms with van der Waals surface area (Å²) in [6.45, 7) is 7.37. The molecule has 0 unspecified atom stereocenters. The van der Waals surface area contributed by atoms with Crippen molar-refractivity contribution < 1.29 is 9.90 Å². The third-order valence-electron chi connectivity index (χ3n) is 3.68. The minimum Gasteiger partial charge on any atom is -0.481 e. The summed E-state index contributed by atoms with van der Waals surface area (Å²) in [6.07, 6.45) is 1.69. The number of hydrogen-bond acceptors (Lipinski definition) is 5. The Morgan fingerprint density at radius 3 is 2.65 bits per heavy atom. The summed E-state index contributed by atoms with van der Waals surface area (Å²) in [5.41, 5.74) is 1.08. The van der Waals surface area contributed by atoms with E-state index < -0.39 is 5.97 Å². The van der Waals surface area contributed by atoms with Gasteiger partial charge in [-0.15, -0.1) is 11.3 Å². The zero-order valence-corrected chi connectivity index (χ0v) is 13.1. The molecule has 5 nitrogen and oxygen atoms in total. The number of carboxylic acids is 1. The van der Waals surface area contributed by atoms with Crippen molar-refractivity contribution in [3.63, 3.8) is 0 Å². The van der Waals surface area contributed by atoms with Crippen molar-refractivity contribution in [2.75, 3.05) is 33.2 Å². The van der Waals surface area contributed by atoms with Crippen LogP contribution in [0.15, 0.2) is 0 Å². The van der Waals surface area contributed by atoms with Gasteiger partial charge in [-0.3, -0.25) is 9.69 Å². The van der Waals surface area contributed by atoms with Gasteiger partial charge in [-0.1, -0.05) is 6.92 Å². The van der Waals surface area contributed by atoms with Crippen LogP contribution in [-0.4, -0.2) is 59.1 Å². The Bertz CT molecular complexity index is 453. The molecule has 2 rings (SSSR count). The van der Waals surface area contributed by atoms with Crippen LogP contribution in [-0.2, 0) is 24.2 Å². The van der Waals surface area contributed by atoms with Gasteiger partial charge in [0.15, 0.2) is 0 Å². The van der Waals surface area contributed by atoms with Gasteiger partial charge in [-0.05, 0) is 19.9 Å². The highest BCUT2D eigenvalue weighted by atomic mass is 32.1. The Morgan fingerprint density at radius 2 is 2.05 bits per heavy atom. The van der Waals surface area contributed by atoms with Crippen molar-refractivity contribution in [1.29, 1.82) is 0 Å². The summed E-state index contributed by atoms with van der Waals surface area (Å²) in [5.74, 6) is -0.735. The van der Waals surface area contributed by atoms with Crippen LogP contribution in [0.3, 0.4) is 0 Å². The fourth-order valence-electron chi connectivity index (χ4n) is 2.39. The number of aliphatic carboxylic acids is 1. The average molecular weight is 297 g/mol. The largest absolute Gasteiger partial charge is 0.481 e. The lowest BCUT2D eigenvalue weighted by Gasteiger charge is -2.31. The van der Waals surface area contributed by atoms with Crippen molar-refractivity contribution >= 4 is 17.3 Å². The first-order valence-electron chi connectivity index (χ1n) is 7.18. The molecule has 0 radical (unpaired) electrons. The SMILES string of the molecule is CCc1nc(CN2CCN(C)CC2)sc1CCC(=O)O. The van der Waals surface area contributed by atoms with Gasteiger partial charge >= 0.3 is 5.97 Å². The first-order chi connectivity index (χ1) is 9.58. The van der Waals surface area contributed by atoms with Crippen molar-refractivity contribution in [3.05, 3.63) is 15.6 Å². The third-order valence-corrected chi connectivity index (χ3v) is 4.82. The molecule has 20 heavy (non-hydrogen) atoms. The average Bonchev–Trinajstić information content (AvgIpc) is 2.81. The number of rotatable bonds is 6. The molecular weight excluding hydrogens is 274 g/mol. The number of carboxylic acid groups (broad SMARTS) is 1. The number of nitrogens with zero attached hydrogens (tertiary/aromatic N) is 3. The van der Waals surface area contributed by atoms with Crippen LogP contribution < -0.4 is 0 Å². The lowest BCUT2D eigenvalue weighted by atomic mass is 10.2. The number of hydrogen-bond donors (Lipinski definition) is 1. The topological polar surface area (TPSA) is 56.7 Å². The lowest BCUT2D eigenvalue weighted by molar-refractivity contribution is -0.136. The number of piperazine rings is 1. The summed E-state index contributed by atoms with van der Waals surface area (Å²) in [6, 6.07) is 0. The summed E-state index contributed by atoms with van der Waals surface area (Å²) >= 11 is 1.69. The van der Waals surface area contributed by atoms with Crippen molar-refractivity contribution in [1.82, 2.24) is 14.8 Å². The van der Waals surface area contributed by atoms with Crippen LogP contribution in [0, 0.1) is 0 Å². The number of thiazole rings is 1. The van der Waals surface area contributed by atoms with Crippen LogP contribution in [0.2, 0.25) is 0 Å². The fraction of sp³-hybridized carbons (Fsp3) is 0.714. The van der Waals surface area contributed by atoms with Gasteiger partial charge in [0.1, 0.15) is 5.01 Å². The van der Waals surface area contributed by atoms with E-state index in [4.69, 9.17) is 10.1 Å². The minimum atomic E-state index is -0.735. The Hall–Kier alpha value is -0.980. The Balaban J connectivity index is 1.96. The zero-order chi connectivity index (χ0) is 14.5. The van der Waals surface area contributed by atoms with E-state index in [2.05, 4.69) is 23.8 Å². The number of carbonyl (C=O) groups is 1. The van der Waals surface area contributed by atoms with Crippen LogP contribution in [0.5, 0.6) is 0 Å². The standard InChI is InChI=1S/C14H23N3O2S/c1-3-11-12(4-5-14(18)19)20-13(15-11)10-17-8-6-16(2)7-9-17/h3-10H2,1-2H3,(H,18,19). The quantitative estimate of drug-likeness (QED) is 0.862. The van der Waals surface area contributed by atoms with Gasteiger partial charge in [0.2, 0.25) is 0 Å². The maximum absolute atomic E-state index is 10.7. The molecule has 2 heterocycles. The van der Waals surface area contributed by atoms with E-state index in [-0.39, 0.29) is 6.42 Å². The van der Waals surface area contributed by atoms with Crippen LogP contribution in [0.4, 0.5) is 0 Å². The molecule has 112 valence electrons. The second-order valence-corrected chi connectivity index (χ2v) is 6.47. The highest BCUT2D eigenvalue weighted by molar-refractivity contribution is 7.11. The molecule has 0 amide bonds. The highest BCUT2D eigenvalue weighted by Crippen LogP contribution is 2.22. The molecule has 1 aliphatic heterocycles. The highest BCUT2D eigenvalue weighted by Gasteiger charge is 2.17. The number of aryl methyl sites for hydroxylation is 2. The molecule has 1 aromatic heterocycles. The van der Waals surface area contributed by atoms with E-state index in [1.54, 1.807) is 11.3 Å². The van der Waals surface area contributed by atoms with Crippen LogP contribution in [0.1, 0.15) is 28.9 Å². The zero-order valence-electron chi connectivity index (χ0n) is 12.3. The Labute approximate surface area is 124 Å². The van der Waals surface area contributed by atoms with Crippen molar-refractivity contribution in [2.24, 2.45) is 0 Å². The van der Waals surface area contributed by atoms with Crippen molar-refractivity contribution in [3.8, 4) is 0 Å². The van der Waals surface area contributed by atoms with Crippen molar-refractivity contribution in [2.45, 2.75) is 32.7 Å². The van der Waals surface area contributed by atoms with E-state index in [1.165, 1.54) is 0 Å². The third kappa shape index (κ3) is 4.26. The van der Waals surface area contributed by atoms with Gasteiger partial charge in [0.25, 0.3) is 0 Å². The van der Waals surface area contributed by atoms with Gasteiger partial charge in [0.05, 0.1) is 18.7 Å². The number of aromatic nitrogens is 1. The molecular formula is C14H23N3O2S. The molecule has 1 fully saturated rings. The molecule has 0 atom stereocenters. The maximum Gasteiger partial charge on any atom is 0.303 e. The van der Waals surface area contributed by atoms with E-state index >= 15 is 0 Å². The second-order valence-electron chi connectivity index (χ2n) is 5.30. The molecule has 0 aliphatic carbocycles. The molecule has 1 aromatic rings. The summed E-state index contributed by atoms with van der Waals surface area (Å²) < 4.78 is 0. The first-order valence-corrected chi connectivity index (χ1v) is 8.00.